The van der Waals surface area contributed by atoms with Crippen molar-refractivity contribution in [2.75, 3.05) is 50.7 Å². The molecule has 0 bridgehead atoms. The lowest BCUT2D eigenvalue weighted by Gasteiger charge is -2.39. The lowest BCUT2D eigenvalue weighted by molar-refractivity contribution is -0.134. The molecule has 4 aromatic rings. The molecule has 3 aliphatic heterocycles. The zero-order chi connectivity index (χ0) is 33.7. The predicted octanol–water partition coefficient (Wildman–Crippen LogP) is 4.66. The topological polar surface area (TPSA) is 130 Å². The summed E-state index contributed by atoms with van der Waals surface area (Å²) in [6.07, 6.45) is 7.91. The van der Waals surface area contributed by atoms with E-state index >= 15 is 0 Å². The molecule has 6 heterocycles. The first-order chi connectivity index (χ1) is 23.7. The van der Waals surface area contributed by atoms with Crippen LogP contribution in [0.3, 0.4) is 0 Å². The van der Waals surface area contributed by atoms with Crippen LogP contribution in [0.2, 0.25) is 0 Å². The van der Waals surface area contributed by atoms with Crippen molar-refractivity contribution in [1.29, 1.82) is 0 Å². The first kappa shape index (κ1) is 31.7. The van der Waals surface area contributed by atoms with Crippen LogP contribution >= 0.6 is 0 Å². The van der Waals surface area contributed by atoms with Crippen LogP contribution in [-0.2, 0) is 22.4 Å². The first-order valence-corrected chi connectivity index (χ1v) is 17.9. The Hall–Kier alpha value is -4.51. The second-order valence-corrected chi connectivity index (χ2v) is 15.3. The molecule has 0 saturated carbocycles. The third kappa shape index (κ3) is 6.48. The number of anilines is 1. The van der Waals surface area contributed by atoms with Crippen LogP contribution in [0.1, 0.15) is 79.0 Å². The molecule has 3 amide bonds. The summed E-state index contributed by atoms with van der Waals surface area (Å²) in [4.78, 5) is 52.6. The Balaban J connectivity index is 0.833. The van der Waals surface area contributed by atoms with Crippen LogP contribution in [0.25, 0.3) is 22.3 Å². The van der Waals surface area contributed by atoms with Crippen molar-refractivity contribution in [1.82, 2.24) is 35.3 Å². The van der Waals surface area contributed by atoms with Gasteiger partial charge in [0.2, 0.25) is 11.8 Å². The minimum Gasteiger partial charge on any atom is -0.354 e. The molecule has 3 N–H and O–H groups in total. The summed E-state index contributed by atoms with van der Waals surface area (Å²) >= 11 is 0. The molecule has 11 heteroatoms. The molecule has 1 aliphatic carbocycles. The predicted molar refractivity (Wildman–Crippen MR) is 188 cm³/mol. The third-order valence-electron chi connectivity index (χ3n) is 11.3. The molecule has 49 heavy (non-hydrogen) atoms. The van der Waals surface area contributed by atoms with Gasteiger partial charge in [-0.15, -0.1) is 0 Å². The van der Waals surface area contributed by atoms with Crippen molar-refractivity contribution in [2.45, 2.75) is 64.7 Å². The van der Waals surface area contributed by atoms with Gasteiger partial charge in [-0.25, -0.2) is 4.98 Å². The highest BCUT2D eigenvalue weighted by molar-refractivity contribution is 6.01. The number of hydrogen-bond acceptors (Lipinski definition) is 7. The van der Waals surface area contributed by atoms with E-state index in [0.29, 0.717) is 24.2 Å². The van der Waals surface area contributed by atoms with Gasteiger partial charge in [0.25, 0.3) is 5.91 Å². The van der Waals surface area contributed by atoms with Crippen LogP contribution in [0.5, 0.6) is 0 Å². The van der Waals surface area contributed by atoms with Gasteiger partial charge in [0.05, 0.1) is 11.6 Å². The van der Waals surface area contributed by atoms with E-state index < -0.39 is 0 Å². The minimum atomic E-state index is -0.298. The van der Waals surface area contributed by atoms with Crippen molar-refractivity contribution in [3.63, 3.8) is 0 Å². The standard InChI is InChI=1S/C38H46N8O3/c1-38(2)11-7-29-32(22-38)42-43-35(29)31-19-26-3-4-27(20-30(26)40-31)37(49)46-13-9-24(10-14-46)23-44-15-17-45(18-16-44)33-21-25(8-12-39-33)28-5-6-34(47)41-36(28)48/h3-4,8,12,19-21,24,28,40H,5-7,9-11,13-18,22-23H2,1-2H3,(H,42,43)(H,41,47,48). The fraction of sp³-hybridized carbons (Fsp3) is 0.500. The quantitative estimate of drug-likeness (QED) is 0.256. The van der Waals surface area contributed by atoms with Gasteiger partial charge in [0.15, 0.2) is 0 Å². The molecule has 1 aromatic carbocycles. The van der Waals surface area contributed by atoms with Crippen LogP contribution in [-0.4, -0.2) is 93.5 Å². The molecular formula is C38H46N8O3. The van der Waals surface area contributed by atoms with E-state index in [9.17, 15) is 14.4 Å². The van der Waals surface area contributed by atoms with E-state index in [2.05, 4.69) is 61.3 Å². The van der Waals surface area contributed by atoms with E-state index in [4.69, 9.17) is 0 Å². The Morgan fingerprint density at radius 2 is 1.78 bits per heavy atom. The SMILES string of the molecule is CC1(C)CCc2c(-c3cc4ccc(C(=O)N5CCC(CN6CCN(c7cc(C8CCC(=O)NC8=O)ccn7)CC6)CC5)cc4[nH]3)n[nH]c2C1. The number of imide groups is 1. The van der Waals surface area contributed by atoms with Crippen LogP contribution in [0.4, 0.5) is 5.82 Å². The molecule has 1 unspecified atom stereocenters. The van der Waals surface area contributed by atoms with Crippen LogP contribution in [0, 0.1) is 11.3 Å². The second-order valence-electron chi connectivity index (χ2n) is 15.3. The maximum Gasteiger partial charge on any atom is 0.253 e. The summed E-state index contributed by atoms with van der Waals surface area (Å²) in [6, 6.07) is 12.1. The zero-order valence-electron chi connectivity index (χ0n) is 28.6. The van der Waals surface area contributed by atoms with Gasteiger partial charge in [-0.1, -0.05) is 19.9 Å². The molecule has 3 aromatic heterocycles. The summed E-state index contributed by atoms with van der Waals surface area (Å²) in [7, 11) is 0. The summed E-state index contributed by atoms with van der Waals surface area (Å²) < 4.78 is 0. The van der Waals surface area contributed by atoms with Crippen molar-refractivity contribution in [3.8, 4) is 11.4 Å². The van der Waals surface area contributed by atoms with Gasteiger partial charge >= 0.3 is 0 Å². The molecule has 3 fully saturated rings. The second kappa shape index (κ2) is 12.7. The average Bonchev–Trinajstić information content (AvgIpc) is 3.71. The Morgan fingerprint density at radius 1 is 0.959 bits per heavy atom. The van der Waals surface area contributed by atoms with Crippen molar-refractivity contribution >= 4 is 34.4 Å². The van der Waals surface area contributed by atoms with E-state index in [-0.39, 0.29) is 23.6 Å². The van der Waals surface area contributed by atoms with Crippen molar-refractivity contribution in [2.24, 2.45) is 11.3 Å². The zero-order valence-corrected chi connectivity index (χ0v) is 28.6. The number of nitrogens with zero attached hydrogens (tertiary/aromatic N) is 5. The molecule has 4 aliphatic rings. The fourth-order valence-corrected chi connectivity index (χ4v) is 8.32. The number of pyridine rings is 1. The number of hydrogen-bond donors (Lipinski definition) is 3. The van der Waals surface area contributed by atoms with Crippen LogP contribution in [0.15, 0.2) is 42.6 Å². The Morgan fingerprint density at radius 3 is 2.57 bits per heavy atom. The number of piperidine rings is 2. The number of nitrogens with one attached hydrogen (secondary N) is 3. The minimum absolute atomic E-state index is 0.108. The number of rotatable bonds is 6. The number of likely N-dealkylation sites (tertiary alicyclic amines) is 1. The lowest BCUT2D eigenvalue weighted by atomic mass is 9.76. The first-order valence-electron chi connectivity index (χ1n) is 17.9. The number of H-pyrrole nitrogens is 2. The van der Waals surface area contributed by atoms with Gasteiger partial charge < -0.3 is 14.8 Å². The molecule has 0 radical (unpaired) electrons. The lowest BCUT2D eigenvalue weighted by Crippen LogP contribution is -2.49. The Kier molecular flexibility index (Phi) is 8.26. The summed E-state index contributed by atoms with van der Waals surface area (Å²) in [5.74, 6) is 0.870. The number of benzene rings is 1. The van der Waals surface area contributed by atoms with Gasteiger partial charge in [-0.05, 0) is 85.8 Å². The number of fused-ring (bicyclic) bond motifs is 2. The van der Waals surface area contributed by atoms with E-state index in [1.165, 1.54) is 11.3 Å². The molecule has 256 valence electrons. The number of aromatic nitrogens is 4. The van der Waals surface area contributed by atoms with E-state index in [1.807, 2.05) is 29.2 Å². The highest BCUT2D eigenvalue weighted by atomic mass is 16.2. The maximum atomic E-state index is 13.6. The number of aromatic amines is 2. The van der Waals surface area contributed by atoms with Gasteiger partial charge in [0, 0.05) is 86.2 Å². The Bertz CT molecular complexity index is 1890. The molecular weight excluding hydrogens is 616 g/mol. The molecule has 3 saturated heterocycles. The Labute approximate surface area is 286 Å². The van der Waals surface area contributed by atoms with E-state index in [1.54, 1.807) is 6.20 Å². The average molecular weight is 663 g/mol. The maximum absolute atomic E-state index is 13.6. The third-order valence-corrected chi connectivity index (χ3v) is 11.3. The largest absolute Gasteiger partial charge is 0.354 e. The number of carbonyl (C=O) groups is 3. The highest BCUT2D eigenvalue weighted by Crippen LogP contribution is 2.38. The van der Waals surface area contributed by atoms with E-state index in [0.717, 1.165) is 117 Å². The molecule has 1 atom stereocenters. The number of piperazine rings is 1. The number of amides is 3. The van der Waals surface area contributed by atoms with Gasteiger partial charge in [-0.3, -0.25) is 29.7 Å². The monoisotopic (exact) mass is 662 g/mol. The van der Waals surface area contributed by atoms with Gasteiger partial charge in [-0.2, -0.15) is 5.10 Å². The summed E-state index contributed by atoms with van der Waals surface area (Å²) in [6.45, 7) is 10.9. The smallest absolute Gasteiger partial charge is 0.253 e. The fourth-order valence-electron chi connectivity index (χ4n) is 8.32. The van der Waals surface area contributed by atoms with Crippen molar-refractivity contribution in [3.05, 3.63) is 65.0 Å². The van der Waals surface area contributed by atoms with Crippen molar-refractivity contribution < 1.29 is 14.4 Å². The summed E-state index contributed by atoms with van der Waals surface area (Å²) in [5.41, 5.74) is 7.51. The van der Waals surface area contributed by atoms with Gasteiger partial charge in [0.1, 0.15) is 11.5 Å². The van der Waals surface area contributed by atoms with Crippen LogP contribution < -0.4 is 10.2 Å². The normalized spacial score (nSPS) is 22.0. The number of carbonyl (C=O) groups excluding carboxylic acids is 3. The summed E-state index contributed by atoms with van der Waals surface area (Å²) in [5, 5.41) is 11.5. The molecule has 8 rings (SSSR count). The highest BCUT2D eigenvalue weighted by Gasteiger charge is 2.31. The molecule has 0 spiro atoms. The molecule has 11 nitrogen and oxygen atoms in total.